The van der Waals surface area contributed by atoms with Crippen molar-refractivity contribution < 1.29 is 0 Å². The van der Waals surface area contributed by atoms with Gasteiger partial charge in [-0.05, 0) is 48.9 Å². The highest BCUT2D eigenvalue weighted by atomic mass is 14.7. The predicted octanol–water partition coefficient (Wildman–Crippen LogP) is 5.18. The maximum atomic E-state index is 6.37. The van der Waals surface area contributed by atoms with Crippen LogP contribution >= 0.6 is 0 Å². The molecule has 1 aliphatic rings. The fraction of sp³-hybridized carbons (Fsp3) is 0.789. The molecule has 20 heavy (non-hydrogen) atoms. The van der Waals surface area contributed by atoms with Crippen LogP contribution in [-0.4, -0.2) is 6.04 Å². The minimum absolute atomic E-state index is 0.268. The minimum Gasteiger partial charge on any atom is -0.324 e. The molecule has 1 rings (SSSR count). The van der Waals surface area contributed by atoms with Crippen LogP contribution in [0.1, 0.15) is 60.3 Å². The van der Waals surface area contributed by atoms with Gasteiger partial charge in [-0.3, -0.25) is 0 Å². The molecule has 0 saturated heterocycles. The molecule has 2 N–H and O–H groups in total. The quantitative estimate of drug-likeness (QED) is 0.608. The van der Waals surface area contributed by atoms with E-state index in [0.717, 1.165) is 24.2 Å². The fourth-order valence-corrected chi connectivity index (χ4v) is 3.12. The van der Waals surface area contributed by atoms with Crippen molar-refractivity contribution in [2.45, 2.75) is 66.3 Å². The van der Waals surface area contributed by atoms with E-state index in [0.29, 0.717) is 11.8 Å². The van der Waals surface area contributed by atoms with Crippen LogP contribution in [0.25, 0.3) is 0 Å². The Kier molecular flexibility index (Phi) is 7.58. The molecule has 0 aromatic rings. The molecular weight excluding hydrogens is 242 g/mol. The zero-order valence-corrected chi connectivity index (χ0v) is 14.2. The Hall–Kier alpha value is -0.560. The van der Waals surface area contributed by atoms with E-state index in [1.807, 2.05) is 0 Å². The summed E-state index contributed by atoms with van der Waals surface area (Å²) in [6.07, 6.45) is 14.3. The SMILES string of the molecule is CCC(C)C1CCC1C(N)/C=C\C[C@H](C)/C=C\C(C)C. The second kappa shape index (κ2) is 8.67. The molecule has 1 aliphatic carbocycles. The van der Waals surface area contributed by atoms with Gasteiger partial charge < -0.3 is 5.73 Å². The first-order chi connectivity index (χ1) is 9.45. The molecule has 1 fully saturated rings. The summed E-state index contributed by atoms with van der Waals surface area (Å²) < 4.78 is 0. The average molecular weight is 277 g/mol. The molecule has 0 aromatic heterocycles. The lowest BCUT2D eigenvalue weighted by Gasteiger charge is -2.43. The Morgan fingerprint density at radius 1 is 1.00 bits per heavy atom. The zero-order chi connectivity index (χ0) is 15.1. The lowest BCUT2D eigenvalue weighted by Crippen LogP contribution is -2.42. The predicted molar refractivity (Wildman–Crippen MR) is 90.5 cm³/mol. The summed E-state index contributed by atoms with van der Waals surface area (Å²) in [6, 6.07) is 0.268. The van der Waals surface area contributed by atoms with Gasteiger partial charge in [0, 0.05) is 6.04 Å². The van der Waals surface area contributed by atoms with Gasteiger partial charge in [0.1, 0.15) is 0 Å². The fourth-order valence-electron chi connectivity index (χ4n) is 3.12. The van der Waals surface area contributed by atoms with Gasteiger partial charge in [0.05, 0.1) is 0 Å². The third-order valence-corrected chi connectivity index (χ3v) is 4.94. The summed E-state index contributed by atoms with van der Waals surface area (Å²) in [6.45, 7) is 11.4. The first-order valence-corrected chi connectivity index (χ1v) is 8.56. The van der Waals surface area contributed by atoms with Crippen LogP contribution in [0, 0.1) is 29.6 Å². The molecule has 0 heterocycles. The summed E-state index contributed by atoms with van der Waals surface area (Å²) in [4.78, 5) is 0. The van der Waals surface area contributed by atoms with E-state index in [2.05, 4.69) is 58.9 Å². The van der Waals surface area contributed by atoms with Crippen LogP contribution in [0.15, 0.2) is 24.3 Å². The van der Waals surface area contributed by atoms with E-state index < -0.39 is 0 Å². The highest BCUT2D eigenvalue weighted by molar-refractivity contribution is 5.02. The molecule has 4 unspecified atom stereocenters. The van der Waals surface area contributed by atoms with Crippen LogP contribution in [0.2, 0.25) is 0 Å². The second-order valence-electron chi connectivity index (χ2n) is 7.14. The Morgan fingerprint density at radius 2 is 1.65 bits per heavy atom. The summed E-state index contributed by atoms with van der Waals surface area (Å²) in [5.41, 5.74) is 6.37. The van der Waals surface area contributed by atoms with Gasteiger partial charge in [0.15, 0.2) is 0 Å². The van der Waals surface area contributed by atoms with Crippen LogP contribution < -0.4 is 5.73 Å². The van der Waals surface area contributed by atoms with Crippen LogP contribution in [-0.2, 0) is 0 Å². The van der Waals surface area contributed by atoms with Gasteiger partial charge in [-0.25, -0.2) is 0 Å². The van der Waals surface area contributed by atoms with Gasteiger partial charge in [0.25, 0.3) is 0 Å². The second-order valence-corrected chi connectivity index (χ2v) is 7.14. The molecule has 0 radical (unpaired) electrons. The summed E-state index contributed by atoms with van der Waals surface area (Å²) in [5, 5.41) is 0. The number of hydrogen-bond acceptors (Lipinski definition) is 1. The molecule has 116 valence electrons. The van der Waals surface area contributed by atoms with Gasteiger partial charge in [-0.1, -0.05) is 65.3 Å². The normalized spacial score (nSPS) is 27.9. The molecule has 1 saturated carbocycles. The lowest BCUT2D eigenvalue weighted by molar-refractivity contribution is 0.0988. The van der Waals surface area contributed by atoms with Crippen molar-refractivity contribution in [3.8, 4) is 0 Å². The van der Waals surface area contributed by atoms with E-state index >= 15 is 0 Å². The summed E-state index contributed by atoms with van der Waals surface area (Å²) in [5.74, 6) is 3.68. The van der Waals surface area contributed by atoms with E-state index in [-0.39, 0.29) is 6.04 Å². The van der Waals surface area contributed by atoms with Gasteiger partial charge in [-0.2, -0.15) is 0 Å². The third kappa shape index (κ3) is 5.44. The van der Waals surface area contributed by atoms with E-state index in [9.17, 15) is 0 Å². The molecule has 0 aliphatic heterocycles. The molecular formula is C19H35N. The number of rotatable bonds is 8. The van der Waals surface area contributed by atoms with E-state index in [1.54, 1.807) is 0 Å². The number of hydrogen-bond donors (Lipinski definition) is 1. The van der Waals surface area contributed by atoms with Gasteiger partial charge >= 0.3 is 0 Å². The maximum absolute atomic E-state index is 6.37. The lowest BCUT2D eigenvalue weighted by atomic mass is 9.64. The van der Waals surface area contributed by atoms with Crippen LogP contribution in [0.5, 0.6) is 0 Å². The maximum Gasteiger partial charge on any atom is 0.0255 e. The Bertz CT molecular complexity index is 316. The number of nitrogens with two attached hydrogens (primary N) is 1. The van der Waals surface area contributed by atoms with Crippen molar-refractivity contribution in [1.82, 2.24) is 0 Å². The molecule has 1 nitrogen and oxygen atoms in total. The molecule has 0 bridgehead atoms. The van der Waals surface area contributed by atoms with E-state index in [1.165, 1.54) is 19.3 Å². The topological polar surface area (TPSA) is 26.0 Å². The first kappa shape index (κ1) is 17.5. The number of allylic oxidation sites excluding steroid dienone is 3. The van der Waals surface area contributed by atoms with E-state index in [4.69, 9.17) is 5.73 Å². The average Bonchev–Trinajstić information content (AvgIpc) is 2.34. The van der Waals surface area contributed by atoms with Gasteiger partial charge in [0.2, 0.25) is 0 Å². The highest BCUT2D eigenvalue weighted by Gasteiger charge is 2.36. The molecule has 0 amide bonds. The first-order valence-electron chi connectivity index (χ1n) is 8.56. The van der Waals surface area contributed by atoms with Crippen LogP contribution in [0.4, 0.5) is 0 Å². The van der Waals surface area contributed by atoms with Crippen molar-refractivity contribution in [3.63, 3.8) is 0 Å². The van der Waals surface area contributed by atoms with Crippen molar-refractivity contribution >= 4 is 0 Å². The Balaban J connectivity index is 2.35. The molecule has 0 aromatic carbocycles. The zero-order valence-electron chi connectivity index (χ0n) is 14.2. The van der Waals surface area contributed by atoms with Gasteiger partial charge in [-0.15, -0.1) is 0 Å². The standard InChI is InChI=1S/C19H35N/c1-6-16(5)17-12-13-18(17)19(20)9-7-8-15(4)11-10-14(2)3/h7,9-11,14-19H,6,8,12-13,20H2,1-5H3/b9-7-,11-10-/t15-,16?,17?,18?,19?/m0/s1. The van der Waals surface area contributed by atoms with Crippen molar-refractivity contribution in [1.29, 1.82) is 0 Å². The van der Waals surface area contributed by atoms with Crippen molar-refractivity contribution in [3.05, 3.63) is 24.3 Å². The Labute approximate surface area is 126 Å². The summed E-state index contributed by atoms with van der Waals surface area (Å²) >= 11 is 0. The minimum atomic E-state index is 0.268. The van der Waals surface area contributed by atoms with Crippen molar-refractivity contribution in [2.75, 3.05) is 0 Å². The highest BCUT2D eigenvalue weighted by Crippen LogP contribution is 2.42. The smallest absolute Gasteiger partial charge is 0.0255 e. The molecule has 1 heteroatoms. The Morgan fingerprint density at radius 3 is 2.15 bits per heavy atom. The third-order valence-electron chi connectivity index (χ3n) is 4.94. The van der Waals surface area contributed by atoms with Crippen LogP contribution in [0.3, 0.4) is 0 Å². The van der Waals surface area contributed by atoms with Crippen molar-refractivity contribution in [2.24, 2.45) is 35.3 Å². The monoisotopic (exact) mass is 277 g/mol. The summed E-state index contributed by atoms with van der Waals surface area (Å²) in [7, 11) is 0. The molecule has 5 atom stereocenters. The molecule has 0 spiro atoms. The largest absolute Gasteiger partial charge is 0.324 e.